The van der Waals surface area contributed by atoms with Gasteiger partial charge in [0, 0.05) is 6.04 Å². The van der Waals surface area contributed by atoms with E-state index in [1.54, 1.807) is 0 Å². The van der Waals surface area contributed by atoms with Gasteiger partial charge >= 0.3 is 0 Å². The zero-order valence-electron chi connectivity index (χ0n) is 12.1. The van der Waals surface area contributed by atoms with E-state index in [9.17, 15) is 0 Å². The van der Waals surface area contributed by atoms with E-state index >= 15 is 0 Å². The molecule has 0 heterocycles. The zero-order chi connectivity index (χ0) is 13.7. The molecule has 0 radical (unpaired) electrons. The first kappa shape index (κ1) is 13.8. The largest absolute Gasteiger partial charge is 0.313 e. The normalized spacial score (nSPS) is 12.4. The third-order valence-electron chi connectivity index (χ3n) is 3.67. The van der Waals surface area contributed by atoms with Gasteiger partial charge in [0.05, 0.1) is 0 Å². The zero-order valence-corrected chi connectivity index (χ0v) is 12.1. The molecule has 1 heteroatoms. The van der Waals surface area contributed by atoms with E-state index in [0.717, 1.165) is 0 Å². The second-order valence-corrected chi connectivity index (χ2v) is 5.08. The Bertz CT molecular complexity index is 496. The van der Waals surface area contributed by atoms with Crippen LogP contribution in [0, 0.1) is 0 Å². The van der Waals surface area contributed by atoms with Crippen LogP contribution in [0.3, 0.4) is 0 Å². The molecule has 2 aromatic rings. The second kappa shape index (κ2) is 6.53. The van der Waals surface area contributed by atoms with E-state index < -0.39 is 0 Å². The van der Waals surface area contributed by atoms with Gasteiger partial charge in [-0.3, -0.25) is 0 Å². The molecule has 0 saturated carbocycles. The van der Waals surface area contributed by atoms with Crippen molar-refractivity contribution in [2.45, 2.75) is 32.7 Å². The smallest absolute Gasteiger partial charge is 0.0289 e. The molecule has 2 rings (SSSR count). The highest BCUT2D eigenvalue weighted by atomic mass is 14.8. The van der Waals surface area contributed by atoms with Crippen LogP contribution in [0.15, 0.2) is 48.5 Å². The maximum absolute atomic E-state index is 3.26. The fourth-order valence-corrected chi connectivity index (χ4v) is 2.28. The van der Waals surface area contributed by atoms with Crippen molar-refractivity contribution < 1.29 is 0 Å². The van der Waals surface area contributed by atoms with Crippen molar-refractivity contribution >= 4 is 0 Å². The summed E-state index contributed by atoms with van der Waals surface area (Å²) in [7, 11) is 1.99. The maximum atomic E-state index is 3.26. The Labute approximate surface area is 116 Å². The summed E-state index contributed by atoms with van der Waals surface area (Å²) < 4.78 is 0. The maximum Gasteiger partial charge on any atom is 0.0289 e. The number of aryl methyl sites for hydroxylation is 1. The van der Waals surface area contributed by atoms with Crippen molar-refractivity contribution in [3.63, 3.8) is 0 Å². The van der Waals surface area contributed by atoms with Crippen LogP contribution < -0.4 is 5.32 Å². The highest BCUT2D eigenvalue weighted by molar-refractivity contribution is 5.64. The summed E-state index contributed by atoms with van der Waals surface area (Å²) >= 11 is 0. The van der Waals surface area contributed by atoms with Crippen molar-refractivity contribution in [3.05, 3.63) is 59.7 Å². The van der Waals surface area contributed by atoms with Gasteiger partial charge in [0.15, 0.2) is 0 Å². The number of hydrogen-bond acceptors (Lipinski definition) is 1. The van der Waals surface area contributed by atoms with Gasteiger partial charge in [-0.2, -0.15) is 0 Å². The van der Waals surface area contributed by atoms with Crippen molar-refractivity contribution in [1.82, 2.24) is 5.32 Å². The Morgan fingerprint density at radius 3 is 1.89 bits per heavy atom. The molecule has 0 aliphatic heterocycles. The predicted molar refractivity (Wildman–Crippen MR) is 83.3 cm³/mol. The van der Waals surface area contributed by atoms with E-state index in [2.05, 4.69) is 67.7 Å². The SMILES string of the molecule is CCCc1ccc(-c2ccc(C(C)NC)cc2)cc1. The van der Waals surface area contributed by atoms with Crippen LogP contribution in [0.5, 0.6) is 0 Å². The summed E-state index contributed by atoms with van der Waals surface area (Å²) in [6.07, 6.45) is 2.37. The van der Waals surface area contributed by atoms with Crippen LogP contribution in [-0.2, 0) is 6.42 Å². The summed E-state index contributed by atoms with van der Waals surface area (Å²) in [4.78, 5) is 0. The lowest BCUT2D eigenvalue weighted by Crippen LogP contribution is -2.11. The summed E-state index contributed by atoms with van der Waals surface area (Å²) in [6.45, 7) is 4.39. The van der Waals surface area contributed by atoms with Gasteiger partial charge in [-0.1, -0.05) is 61.9 Å². The molecule has 1 unspecified atom stereocenters. The Morgan fingerprint density at radius 1 is 0.895 bits per heavy atom. The van der Waals surface area contributed by atoms with Crippen LogP contribution in [0.2, 0.25) is 0 Å². The molecule has 0 bridgehead atoms. The minimum absolute atomic E-state index is 0.404. The van der Waals surface area contributed by atoms with Crippen LogP contribution >= 0.6 is 0 Å². The molecule has 19 heavy (non-hydrogen) atoms. The monoisotopic (exact) mass is 253 g/mol. The Balaban J connectivity index is 2.17. The van der Waals surface area contributed by atoms with E-state index in [4.69, 9.17) is 0 Å². The van der Waals surface area contributed by atoms with Crippen LogP contribution in [0.25, 0.3) is 11.1 Å². The quantitative estimate of drug-likeness (QED) is 0.822. The third kappa shape index (κ3) is 3.45. The average molecular weight is 253 g/mol. The standard InChI is InChI=1S/C18H23N/c1-4-5-15-6-8-17(9-7-15)18-12-10-16(11-13-18)14(2)19-3/h6-14,19H,4-5H2,1-3H3. The predicted octanol–water partition coefficient (Wildman–Crippen LogP) is 4.59. The van der Waals surface area contributed by atoms with Gasteiger partial charge in [-0.15, -0.1) is 0 Å². The molecule has 0 aliphatic carbocycles. The summed E-state index contributed by atoms with van der Waals surface area (Å²) in [5.74, 6) is 0. The number of nitrogens with one attached hydrogen (secondary N) is 1. The molecule has 0 aliphatic rings. The van der Waals surface area contributed by atoms with E-state index in [0.29, 0.717) is 6.04 Å². The van der Waals surface area contributed by atoms with Gasteiger partial charge in [0.2, 0.25) is 0 Å². The summed E-state index contributed by atoms with van der Waals surface area (Å²) in [5, 5.41) is 3.26. The molecule has 1 atom stereocenters. The number of rotatable bonds is 5. The molecular formula is C18H23N. The summed E-state index contributed by atoms with van der Waals surface area (Å²) in [5.41, 5.74) is 5.33. The van der Waals surface area contributed by atoms with Gasteiger partial charge in [0.25, 0.3) is 0 Å². The van der Waals surface area contributed by atoms with Gasteiger partial charge < -0.3 is 5.32 Å². The summed E-state index contributed by atoms with van der Waals surface area (Å²) in [6, 6.07) is 18.2. The topological polar surface area (TPSA) is 12.0 Å². The minimum Gasteiger partial charge on any atom is -0.313 e. The third-order valence-corrected chi connectivity index (χ3v) is 3.67. The van der Waals surface area contributed by atoms with Crippen LogP contribution in [-0.4, -0.2) is 7.05 Å². The molecule has 1 N–H and O–H groups in total. The van der Waals surface area contributed by atoms with Gasteiger partial charge in [-0.05, 0) is 42.6 Å². The van der Waals surface area contributed by atoms with Crippen molar-refractivity contribution in [2.24, 2.45) is 0 Å². The van der Waals surface area contributed by atoms with Crippen molar-refractivity contribution in [3.8, 4) is 11.1 Å². The molecule has 0 spiro atoms. The first-order valence-corrected chi connectivity index (χ1v) is 7.11. The minimum atomic E-state index is 0.404. The van der Waals surface area contributed by atoms with Gasteiger partial charge in [-0.25, -0.2) is 0 Å². The van der Waals surface area contributed by atoms with Gasteiger partial charge in [0.1, 0.15) is 0 Å². The average Bonchev–Trinajstić information content (AvgIpc) is 2.48. The lowest BCUT2D eigenvalue weighted by Gasteiger charge is -2.11. The fraction of sp³-hybridized carbons (Fsp3) is 0.333. The molecule has 1 nitrogen and oxygen atoms in total. The molecule has 0 aromatic heterocycles. The Hall–Kier alpha value is -1.60. The van der Waals surface area contributed by atoms with E-state index in [-0.39, 0.29) is 0 Å². The molecule has 0 amide bonds. The van der Waals surface area contributed by atoms with Crippen LogP contribution in [0.4, 0.5) is 0 Å². The first-order chi connectivity index (χ1) is 9.24. The molecule has 2 aromatic carbocycles. The Kier molecular flexibility index (Phi) is 4.75. The molecule has 100 valence electrons. The highest BCUT2D eigenvalue weighted by Gasteiger charge is 2.03. The first-order valence-electron chi connectivity index (χ1n) is 7.11. The van der Waals surface area contributed by atoms with E-state index in [1.807, 2.05) is 7.05 Å². The van der Waals surface area contributed by atoms with E-state index in [1.165, 1.54) is 35.1 Å². The van der Waals surface area contributed by atoms with Crippen LogP contribution in [0.1, 0.15) is 37.4 Å². The van der Waals surface area contributed by atoms with Crippen molar-refractivity contribution in [2.75, 3.05) is 7.05 Å². The lowest BCUT2D eigenvalue weighted by atomic mass is 10.00. The fourth-order valence-electron chi connectivity index (χ4n) is 2.28. The molecule has 0 fully saturated rings. The highest BCUT2D eigenvalue weighted by Crippen LogP contribution is 2.22. The number of benzene rings is 2. The molecular weight excluding hydrogens is 230 g/mol. The second-order valence-electron chi connectivity index (χ2n) is 5.08. The number of hydrogen-bond donors (Lipinski definition) is 1. The lowest BCUT2D eigenvalue weighted by molar-refractivity contribution is 0.652. The molecule has 0 saturated heterocycles. The van der Waals surface area contributed by atoms with Crippen molar-refractivity contribution in [1.29, 1.82) is 0 Å². The Morgan fingerprint density at radius 2 is 1.42 bits per heavy atom.